The molecule has 1 aliphatic rings. The second kappa shape index (κ2) is 13.1. The quantitative estimate of drug-likeness (QED) is 0.275. The lowest BCUT2D eigenvalue weighted by atomic mass is 9.99. The summed E-state index contributed by atoms with van der Waals surface area (Å²) in [7, 11) is 4.39. The van der Waals surface area contributed by atoms with Crippen molar-refractivity contribution in [3.8, 4) is 11.1 Å². The van der Waals surface area contributed by atoms with E-state index in [9.17, 15) is 14.7 Å². The van der Waals surface area contributed by atoms with Crippen molar-refractivity contribution < 1.29 is 23.9 Å². The summed E-state index contributed by atoms with van der Waals surface area (Å²) in [4.78, 5) is 25.4. The number of amides is 2. The summed E-state index contributed by atoms with van der Waals surface area (Å²) in [5.41, 5.74) is 4.83. The maximum Gasteiger partial charge on any atom is 0.411 e. The van der Waals surface area contributed by atoms with Crippen LogP contribution in [0.4, 0.5) is 16.2 Å². The molecule has 3 N–H and O–H groups in total. The van der Waals surface area contributed by atoms with Gasteiger partial charge in [-0.05, 0) is 47.7 Å². The van der Waals surface area contributed by atoms with Crippen LogP contribution in [0.1, 0.15) is 36.8 Å². The zero-order chi connectivity index (χ0) is 27.8. The summed E-state index contributed by atoms with van der Waals surface area (Å²) in [6, 6.07) is 21.0. The van der Waals surface area contributed by atoms with E-state index in [0.717, 1.165) is 47.1 Å². The largest absolute Gasteiger partial charge is 0.446 e. The second-order valence-electron chi connectivity index (χ2n) is 10.7. The average Bonchev–Trinajstić information content (AvgIpc) is 2.91. The Bertz CT molecular complexity index is 1290. The van der Waals surface area contributed by atoms with Crippen molar-refractivity contribution in [2.45, 2.75) is 44.8 Å². The third kappa shape index (κ3) is 8.30. The first-order valence-corrected chi connectivity index (χ1v) is 13.8. The Hall–Kier alpha value is -3.39. The Balaban J connectivity index is 1.38. The molecule has 0 atom stereocenters. The number of piperidine rings is 1. The first kappa shape index (κ1) is 28.6. The van der Waals surface area contributed by atoms with E-state index in [1.165, 1.54) is 0 Å². The summed E-state index contributed by atoms with van der Waals surface area (Å²) < 4.78 is 6.72. The molecule has 0 aromatic heterocycles. The number of ether oxygens (including phenoxy) is 1. The third-order valence-corrected chi connectivity index (χ3v) is 7.46. The summed E-state index contributed by atoms with van der Waals surface area (Å²) >= 11 is 6.21. The number of benzene rings is 3. The molecular weight excluding hydrogens is 514 g/mol. The molecule has 4 rings (SSSR count). The highest BCUT2D eigenvalue weighted by atomic mass is 35.5. The minimum atomic E-state index is -0.440. The van der Waals surface area contributed by atoms with Gasteiger partial charge in [-0.25, -0.2) is 4.79 Å². The van der Waals surface area contributed by atoms with Crippen LogP contribution >= 0.6 is 11.6 Å². The molecule has 0 unspecified atom stereocenters. The molecule has 0 aliphatic carbocycles. The molecule has 39 heavy (non-hydrogen) atoms. The van der Waals surface area contributed by atoms with E-state index in [2.05, 4.69) is 24.7 Å². The van der Waals surface area contributed by atoms with Gasteiger partial charge >= 0.3 is 6.09 Å². The van der Waals surface area contributed by atoms with Gasteiger partial charge in [-0.15, -0.1) is 0 Å². The van der Waals surface area contributed by atoms with Crippen molar-refractivity contribution in [1.82, 2.24) is 0 Å². The monoisotopic (exact) mass is 550 g/mol. The zero-order valence-corrected chi connectivity index (χ0v) is 23.3. The number of halogens is 1. The van der Waals surface area contributed by atoms with Gasteiger partial charge in [0.05, 0.1) is 50.2 Å². The van der Waals surface area contributed by atoms with Gasteiger partial charge in [0, 0.05) is 24.8 Å². The van der Waals surface area contributed by atoms with E-state index in [0.29, 0.717) is 41.2 Å². The van der Waals surface area contributed by atoms with E-state index in [1.54, 1.807) is 18.2 Å². The van der Waals surface area contributed by atoms with Gasteiger partial charge in [0.2, 0.25) is 5.91 Å². The van der Waals surface area contributed by atoms with Crippen molar-refractivity contribution in [2.24, 2.45) is 0 Å². The standard InChI is InChI=1S/C31H36ClN3O4/c1-35(2)17-15-25(16-18-35)39-31(38)34-29-20-22(11-13-26(29)24-8-4-3-5-9-24)7-6-10-30(37)33-28-14-12-23(21-36)19-27(28)32/h3-5,8-9,11-14,19-20,25,36H,6-7,10,15-18,21H2,1-2H3,(H-,33,34,37,38)/p+1. The number of hydrogen-bond donors (Lipinski definition) is 3. The summed E-state index contributed by atoms with van der Waals surface area (Å²) in [6.07, 6.45) is 2.80. The number of nitrogens with one attached hydrogen (secondary N) is 2. The molecule has 1 aliphatic heterocycles. The lowest BCUT2D eigenvalue weighted by molar-refractivity contribution is -0.896. The molecule has 0 bridgehead atoms. The summed E-state index contributed by atoms with van der Waals surface area (Å²) in [6.45, 7) is 1.86. The number of carbonyl (C=O) groups is 2. The van der Waals surface area contributed by atoms with Crippen LogP contribution in [0.2, 0.25) is 5.02 Å². The number of rotatable bonds is 9. The fourth-order valence-corrected chi connectivity index (χ4v) is 5.05. The van der Waals surface area contributed by atoms with Crippen LogP contribution in [0, 0.1) is 0 Å². The molecule has 8 heteroatoms. The predicted octanol–water partition coefficient (Wildman–Crippen LogP) is 6.25. The van der Waals surface area contributed by atoms with Crippen LogP contribution in [-0.2, 0) is 22.6 Å². The number of hydrogen-bond acceptors (Lipinski definition) is 4. The van der Waals surface area contributed by atoms with Crippen molar-refractivity contribution in [3.05, 3.63) is 82.9 Å². The van der Waals surface area contributed by atoms with Gasteiger partial charge in [-0.2, -0.15) is 0 Å². The lowest BCUT2D eigenvalue weighted by Crippen LogP contribution is -2.48. The molecule has 7 nitrogen and oxygen atoms in total. The first-order chi connectivity index (χ1) is 18.7. The Kier molecular flexibility index (Phi) is 9.62. The van der Waals surface area contributed by atoms with Crippen LogP contribution in [0.15, 0.2) is 66.7 Å². The van der Waals surface area contributed by atoms with Gasteiger partial charge in [0.25, 0.3) is 0 Å². The fourth-order valence-electron chi connectivity index (χ4n) is 4.80. The van der Waals surface area contributed by atoms with E-state index < -0.39 is 6.09 Å². The minimum Gasteiger partial charge on any atom is -0.446 e. The summed E-state index contributed by atoms with van der Waals surface area (Å²) in [5, 5.41) is 15.4. The topological polar surface area (TPSA) is 87.7 Å². The number of aliphatic hydroxyl groups excluding tert-OH is 1. The van der Waals surface area contributed by atoms with Gasteiger partial charge in [0.15, 0.2) is 0 Å². The highest BCUT2D eigenvalue weighted by Crippen LogP contribution is 2.30. The average molecular weight is 551 g/mol. The SMILES string of the molecule is C[N+]1(C)CCC(OC(=O)Nc2cc(CCCC(=O)Nc3ccc(CO)cc3Cl)ccc2-c2ccccc2)CC1. The van der Waals surface area contributed by atoms with Crippen molar-refractivity contribution in [1.29, 1.82) is 0 Å². The number of aryl methyl sites for hydroxylation is 1. The predicted molar refractivity (Wildman–Crippen MR) is 156 cm³/mol. The van der Waals surface area contributed by atoms with Gasteiger partial charge < -0.3 is 19.6 Å². The Morgan fingerprint density at radius 3 is 2.36 bits per heavy atom. The van der Waals surface area contributed by atoms with Crippen LogP contribution in [-0.4, -0.2) is 54.9 Å². The Morgan fingerprint density at radius 1 is 0.949 bits per heavy atom. The number of quaternary nitrogens is 1. The van der Waals surface area contributed by atoms with Crippen molar-refractivity contribution >= 4 is 35.0 Å². The number of aliphatic hydroxyl groups is 1. The van der Waals surface area contributed by atoms with Gasteiger partial charge in [-0.3, -0.25) is 10.1 Å². The van der Waals surface area contributed by atoms with Gasteiger partial charge in [0.1, 0.15) is 6.10 Å². The molecule has 3 aromatic carbocycles. The Morgan fingerprint density at radius 2 is 1.67 bits per heavy atom. The number of anilines is 2. The maximum absolute atomic E-state index is 12.9. The molecule has 0 radical (unpaired) electrons. The van der Waals surface area contributed by atoms with E-state index in [4.69, 9.17) is 16.3 Å². The van der Waals surface area contributed by atoms with Crippen LogP contribution in [0.25, 0.3) is 11.1 Å². The molecule has 206 valence electrons. The zero-order valence-electron chi connectivity index (χ0n) is 22.6. The van der Waals surface area contributed by atoms with E-state index in [-0.39, 0.29) is 18.6 Å². The Labute approximate surface area is 235 Å². The number of likely N-dealkylation sites (tertiary alicyclic amines) is 1. The highest BCUT2D eigenvalue weighted by molar-refractivity contribution is 6.33. The molecule has 2 amide bonds. The van der Waals surface area contributed by atoms with Crippen LogP contribution < -0.4 is 10.6 Å². The molecule has 1 fully saturated rings. The number of carbonyl (C=O) groups excluding carboxylic acids is 2. The molecule has 0 saturated carbocycles. The van der Waals surface area contributed by atoms with Crippen LogP contribution in [0.5, 0.6) is 0 Å². The third-order valence-electron chi connectivity index (χ3n) is 7.15. The second-order valence-corrected chi connectivity index (χ2v) is 11.1. The lowest BCUT2D eigenvalue weighted by Gasteiger charge is -2.36. The molecule has 1 saturated heterocycles. The van der Waals surface area contributed by atoms with Gasteiger partial charge in [-0.1, -0.05) is 60.1 Å². The van der Waals surface area contributed by atoms with Crippen molar-refractivity contribution in [2.75, 3.05) is 37.8 Å². The fraction of sp³-hybridized carbons (Fsp3) is 0.355. The highest BCUT2D eigenvalue weighted by Gasteiger charge is 2.28. The summed E-state index contributed by atoms with van der Waals surface area (Å²) in [5.74, 6) is -0.134. The van der Waals surface area contributed by atoms with Crippen LogP contribution in [0.3, 0.4) is 0 Å². The van der Waals surface area contributed by atoms with E-state index >= 15 is 0 Å². The minimum absolute atomic E-state index is 0.0774. The maximum atomic E-state index is 12.9. The molecular formula is C31H37ClN3O4+. The van der Waals surface area contributed by atoms with E-state index in [1.807, 2.05) is 48.5 Å². The smallest absolute Gasteiger partial charge is 0.411 e. The first-order valence-electron chi connectivity index (χ1n) is 13.4. The molecule has 3 aromatic rings. The number of nitrogens with zero attached hydrogens (tertiary/aromatic N) is 1. The molecule has 1 heterocycles. The molecule has 0 spiro atoms. The van der Waals surface area contributed by atoms with Crippen molar-refractivity contribution in [3.63, 3.8) is 0 Å². The normalized spacial score (nSPS) is 15.0.